The maximum absolute atomic E-state index is 11.4. The Hall–Kier alpha value is -2.83. The summed E-state index contributed by atoms with van der Waals surface area (Å²) in [7, 11) is 1.50. The molecule has 1 aliphatic rings. The summed E-state index contributed by atoms with van der Waals surface area (Å²) in [6, 6.07) is 4.76. The quantitative estimate of drug-likeness (QED) is 0.880. The molecule has 1 amide bonds. The first-order valence-electron chi connectivity index (χ1n) is 5.79. The number of anilines is 1. The minimum Gasteiger partial charge on any atom is -0.495 e. The standard InChI is InChI=1S/C13H10N2O5/c1-19-9-3-6(2-7-4-11(16)14-12(7)9)8-5-10(13(17)18)20-15-8/h2-3,5H,4H2,1H3,(H,14,16)(H,17,18). The molecule has 7 heteroatoms. The van der Waals surface area contributed by atoms with Gasteiger partial charge >= 0.3 is 5.97 Å². The normalized spacial score (nSPS) is 12.9. The van der Waals surface area contributed by atoms with Crippen LogP contribution >= 0.6 is 0 Å². The summed E-state index contributed by atoms with van der Waals surface area (Å²) >= 11 is 0. The number of rotatable bonds is 3. The zero-order chi connectivity index (χ0) is 14.3. The Labute approximate surface area is 113 Å². The number of carbonyl (C=O) groups excluding carboxylic acids is 1. The van der Waals surface area contributed by atoms with Gasteiger partial charge in [-0.05, 0) is 17.7 Å². The molecule has 2 N–H and O–H groups in total. The van der Waals surface area contributed by atoms with Gasteiger partial charge in [0.25, 0.3) is 0 Å². The second-order valence-corrected chi connectivity index (χ2v) is 4.32. The summed E-state index contributed by atoms with van der Waals surface area (Å²) in [5, 5.41) is 15.3. The van der Waals surface area contributed by atoms with Gasteiger partial charge < -0.3 is 19.7 Å². The van der Waals surface area contributed by atoms with E-state index in [-0.39, 0.29) is 18.1 Å². The topological polar surface area (TPSA) is 102 Å². The molecule has 1 aromatic heterocycles. The molecule has 0 spiro atoms. The van der Waals surface area contributed by atoms with Crippen molar-refractivity contribution in [1.82, 2.24) is 5.16 Å². The molecule has 0 radical (unpaired) electrons. The largest absolute Gasteiger partial charge is 0.495 e. The van der Waals surface area contributed by atoms with Crippen LogP contribution in [0.5, 0.6) is 5.75 Å². The molecule has 1 aromatic carbocycles. The lowest BCUT2D eigenvalue weighted by Gasteiger charge is -2.08. The molecule has 0 saturated heterocycles. The average Bonchev–Trinajstić information content (AvgIpc) is 3.02. The van der Waals surface area contributed by atoms with Crippen molar-refractivity contribution in [1.29, 1.82) is 0 Å². The van der Waals surface area contributed by atoms with E-state index in [0.717, 1.165) is 5.56 Å². The van der Waals surface area contributed by atoms with Crippen LogP contribution in [0.4, 0.5) is 5.69 Å². The van der Waals surface area contributed by atoms with E-state index in [2.05, 4.69) is 10.5 Å². The number of hydrogen-bond acceptors (Lipinski definition) is 5. The molecule has 102 valence electrons. The van der Waals surface area contributed by atoms with Crippen LogP contribution in [0.3, 0.4) is 0 Å². The molecule has 0 unspecified atom stereocenters. The zero-order valence-electron chi connectivity index (χ0n) is 10.5. The van der Waals surface area contributed by atoms with Gasteiger partial charge in [-0.3, -0.25) is 4.79 Å². The van der Waals surface area contributed by atoms with E-state index < -0.39 is 5.97 Å². The number of carbonyl (C=O) groups is 2. The Morgan fingerprint density at radius 2 is 2.25 bits per heavy atom. The van der Waals surface area contributed by atoms with Gasteiger partial charge in [0.1, 0.15) is 11.4 Å². The maximum Gasteiger partial charge on any atom is 0.374 e. The summed E-state index contributed by atoms with van der Waals surface area (Å²) in [6.07, 6.45) is 0.253. The SMILES string of the molecule is COc1cc(-c2cc(C(=O)O)on2)cc2c1NC(=O)C2. The van der Waals surface area contributed by atoms with E-state index in [4.69, 9.17) is 14.4 Å². The number of ether oxygens (including phenoxy) is 1. The number of carboxylic acid groups (broad SMARTS) is 1. The third-order valence-electron chi connectivity index (χ3n) is 3.04. The molecule has 0 aliphatic carbocycles. The summed E-state index contributed by atoms with van der Waals surface area (Å²) in [6.45, 7) is 0. The van der Waals surface area contributed by atoms with Crippen LogP contribution in [0.1, 0.15) is 16.1 Å². The first-order valence-corrected chi connectivity index (χ1v) is 5.79. The number of aromatic nitrogens is 1. The smallest absolute Gasteiger partial charge is 0.374 e. The van der Waals surface area contributed by atoms with Crippen LogP contribution < -0.4 is 10.1 Å². The third-order valence-corrected chi connectivity index (χ3v) is 3.04. The van der Waals surface area contributed by atoms with E-state index >= 15 is 0 Å². The van der Waals surface area contributed by atoms with Crippen LogP contribution in [0.2, 0.25) is 0 Å². The highest BCUT2D eigenvalue weighted by Gasteiger charge is 2.23. The number of amides is 1. The number of fused-ring (bicyclic) bond motifs is 1. The fourth-order valence-corrected chi connectivity index (χ4v) is 2.13. The minimum atomic E-state index is -1.19. The minimum absolute atomic E-state index is 0.109. The van der Waals surface area contributed by atoms with Crippen molar-refractivity contribution in [3.05, 3.63) is 29.5 Å². The van der Waals surface area contributed by atoms with Gasteiger partial charge in [0.05, 0.1) is 19.2 Å². The molecule has 20 heavy (non-hydrogen) atoms. The van der Waals surface area contributed by atoms with Crippen molar-refractivity contribution in [3.8, 4) is 17.0 Å². The zero-order valence-corrected chi connectivity index (χ0v) is 10.5. The van der Waals surface area contributed by atoms with E-state index in [1.54, 1.807) is 12.1 Å². The Morgan fingerprint density at radius 1 is 1.45 bits per heavy atom. The summed E-state index contributed by atoms with van der Waals surface area (Å²) in [5.41, 5.74) is 2.43. The predicted octanol–water partition coefficient (Wildman–Crippen LogP) is 1.54. The Bertz CT molecular complexity index is 720. The number of methoxy groups -OCH3 is 1. The molecule has 0 atom stereocenters. The van der Waals surface area contributed by atoms with Crippen LogP contribution in [-0.4, -0.2) is 29.2 Å². The molecular formula is C13H10N2O5. The first-order chi connectivity index (χ1) is 9.58. The predicted molar refractivity (Wildman–Crippen MR) is 67.8 cm³/mol. The molecule has 2 aromatic rings. The molecule has 2 heterocycles. The van der Waals surface area contributed by atoms with Gasteiger partial charge in [0, 0.05) is 11.6 Å². The van der Waals surface area contributed by atoms with Gasteiger partial charge in [0.15, 0.2) is 0 Å². The highest BCUT2D eigenvalue weighted by molar-refractivity contribution is 6.01. The fraction of sp³-hybridized carbons (Fsp3) is 0.154. The molecular weight excluding hydrogens is 264 g/mol. The van der Waals surface area contributed by atoms with Crippen LogP contribution in [0, 0.1) is 0 Å². The Kier molecular flexibility index (Phi) is 2.67. The van der Waals surface area contributed by atoms with E-state index in [1.165, 1.54) is 13.2 Å². The Morgan fingerprint density at radius 3 is 2.90 bits per heavy atom. The highest BCUT2D eigenvalue weighted by atomic mass is 16.5. The molecule has 7 nitrogen and oxygen atoms in total. The van der Waals surface area contributed by atoms with Gasteiger partial charge in [-0.25, -0.2) is 4.79 Å². The molecule has 1 aliphatic heterocycles. The van der Waals surface area contributed by atoms with Gasteiger partial charge in [-0.2, -0.15) is 0 Å². The monoisotopic (exact) mass is 274 g/mol. The first kappa shape index (κ1) is 12.2. The third kappa shape index (κ3) is 1.89. The number of nitrogens with one attached hydrogen (secondary N) is 1. The van der Waals surface area contributed by atoms with Crippen LogP contribution in [0.15, 0.2) is 22.7 Å². The van der Waals surface area contributed by atoms with E-state index in [9.17, 15) is 9.59 Å². The Balaban J connectivity index is 2.08. The summed E-state index contributed by atoms with van der Waals surface area (Å²) < 4.78 is 9.95. The van der Waals surface area contributed by atoms with Crippen LogP contribution in [0.25, 0.3) is 11.3 Å². The lowest BCUT2D eigenvalue weighted by atomic mass is 10.0. The van der Waals surface area contributed by atoms with E-state index in [1.807, 2.05) is 0 Å². The van der Waals surface area contributed by atoms with Crippen molar-refractivity contribution in [2.24, 2.45) is 0 Å². The fourth-order valence-electron chi connectivity index (χ4n) is 2.13. The van der Waals surface area contributed by atoms with Gasteiger partial charge in [-0.1, -0.05) is 5.16 Å². The van der Waals surface area contributed by atoms with Crippen molar-refractivity contribution >= 4 is 17.6 Å². The van der Waals surface area contributed by atoms with Gasteiger partial charge in [0.2, 0.25) is 11.7 Å². The molecule has 0 saturated carbocycles. The lowest BCUT2D eigenvalue weighted by Crippen LogP contribution is -2.04. The number of aromatic carboxylic acids is 1. The summed E-state index contributed by atoms with van der Waals surface area (Å²) in [5.74, 6) is -1.03. The maximum atomic E-state index is 11.4. The van der Waals surface area contributed by atoms with Crippen molar-refractivity contribution in [2.45, 2.75) is 6.42 Å². The van der Waals surface area contributed by atoms with Crippen LogP contribution in [-0.2, 0) is 11.2 Å². The summed E-state index contributed by atoms with van der Waals surface area (Å²) in [4.78, 5) is 22.2. The number of benzene rings is 1. The van der Waals surface area contributed by atoms with E-state index in [0.29, 0.717) is 22.7 Å². The lowest BCUT2D eigenvalue weighted by molar-refractivity contribution is -0.115. The molecule has 0 bridgehead atoms. The van der Waals surface area contributed by atoms with Gasteiger partial charge in [-0.15, -0.1) is 0 Å². The highest BCUT2D eigenvalue weighted by Crippen LogP contribution is 2.37. The number of nitrogens with zero attached hydrogens (tertiary/aromatic N) is 1. The second kappa shape index (κ2) is 4.37. The number of carboxylic acids is 1. The van der Waals surface area contributed by atoms with Crippen molar-refractivity contribution < 1.29 is 24.0 Å². The second-order valence-electron chi connectivity index (χ2n) is 4.32. The van der Waals surface area contributed by atoms with Crippen molar-refractivity contribution in [2.75, 3.05) is 12.4 Å². The molecule has 3 rings (SSSR count). The molecule has 0 fully saturated rings. The average molecular weight is 274 g/mol. The number of hydrogen-bond donors (Lipinski definition) is 2. The van der Waals surface area contributed by atoms with Crippen molar-refractivity contribution in [3.63, 3.8) is 0 Å².